The van der Waals surface area contributed by atoms with Crippen molar-refractivity contribution in [3.63, 3.8) is 0 Å². The van der Waals surface area contributed by atoms with Crippen LogP contribution in [-0.2, 0) is 6.42 Å². The number of nitrogens with zero attached hydrogens (tertiary/aromatic N) is 2. The van der Waals surface area contributed by atoms with Crippen LogP contribution in [0.25, 0.3) is 0 Å². The largest absolute Gasteiger partial charge is 0.373 e. The Kier molecular flexibility index (Phi) is 4.45. The van der Waals surface area contributed by atoms with Crippen molar-refractivity contribution in [2.75, 3.05) is 17.7 Å². The van der Waals surface area contributed by atoms with Gasteiger partial charge in [0.1, 0.15) is 29.1 Å². The fourth-order valence-corrected chi connectivity index (χ4v) is 1.76. The van der Waals surface area contributed by atoms with E-state index in [0.29, 0.717) is 17.5 Å². The molecule has 1 aromatic carbocycles. The van der Waals surface area contributed by atoms with E-state index < -0.39 is 11.6 Å². The first-order valence-corrected chi connectivity index (χ1v) is 6.40. The molecule has 1 heterocycles. The Hall–Kier alpha value is -2.24. The molecule has 2 rings (SSSR count). The van der Waals surface area contributed by atoms with Crippen LogP contribution in [0.3, 0.4) is 0 Å². The van der Waals surface area contributed by atoms with Gasteiger partial charge in [0.15, 0.2) is 0 Å². The van der Waals surface area contributed by atoms with Crippen LogP contribution in [0.15, 0.2) is 24.3 Å². The van der Waals surface area contributed by atoms with Crippen molar-refractivity contribution in [3.8, 4) is 0 Å². The fraction of sp³-hybridized carbons (Fsp3) is 0.286. The predicted molar refractivity (Wildman–Crippen MR) is 75.2 cm³/mol. The summed E-state index contributed by atoms with van der Waals surface area (Å²) in [5.41, 5.74) is 0.0493. The third kappa shape index (κ3) is 3.40. The second-order valence-corrected chi connectivity index (χ2v) is 4.30. The molecule has 0 radical (unpaired) electrons. The van der Waals surface area contributed by atoms with Gasteiger partial charge in [-0.05, 0) is 18.6 Å². The Morgan fingerprint density at radius 2 is 1.85 bits per heavy atom. The molecule has 0 bridgehead atoms. The smallest absolute Gasteiger partial charge is 0.146 e. The molecule has 1 aromatic heterocycles. The van der Waals surface area contributed by atoms with Crippen LogP contribution in [0.4, 0.5) is 26.1 Å². The van der Waals surface area contributed by atoms with Crippen LogP contribution in [0, 0.1) is 11.6 Å². The predicted octanol–water partition coefficient (Wildman–Crippen LogP) is 3.49. The van der Waals surface area contributed by atoms with Gasteiger partial charge in [-0.1, -0.05) is 6.92 Å². The van der Waals surface area contributed by atoms with Crippen molar-refractivity contribution < 1.29 is 8.78 Å². The Labute approximate surface area is 116 Å². The molecule has 0 aliphatic carbocycles. The Morgan fingerprint density at radius 3 is 2.55 bits per heavy atom. The van der Waals surface area contributed by atoms with Gasteiger partial charge in [-0.15, -0.1) is 0 Å². The maximum atomic E-state index is 13.6. The summed E-state index contributed by atoms with van der Waals surface area (Å²) in [4.78, 5) is 8.58. The summed E-state index contributed by atoms with van der Waals surface area (Å²) in [6.45, 7) is 2.02. The number of hydrogen-bond donors (Lipinski definition) is 2. The minimum atomic E-state index is -0.534. The van der Waals surface area contributed by atoms with Gasteiger partial charge >= 0.3 is 0 Å². The van der Waals surface area contributed by atoms with Crippen LogP contribution in [0.1, 0.15) is 19.2 Å². The first kappa shape index (κ1) is 14.2. The van der Waals surface area contributed by atoms with Crippen LogP contribution in [0.5, 0.6) is 0 Å². The Morgan fingerprint density at radius 1 is 1.10 bits per heavy atom. The molecular weight excluding hydrogens is 262 g/mol. The molecule has 0 spiro atoms. The minimum absolute atomic E-state index is 0.0493. The highest BCUT2D eigenvalue weighted by Crippen LogP contribution is 2.21. The molecule has 0 aliphatic rings. The third-order valence-corrected chi connectivity index (χ3v) is 2.69. The molecule has 4 nitrogen and oxygen atoms in total. The monoisotopic (exact) mass is 278 g/mol. The van der Waals surface area contributed by atoms with Gasteiger partial charge < -0.3 is 10.6 Å². The van der Waals surface area contributed by atoms with Crippen molar-refractivity contribution in [3.05, 3.63) is 41.7 Å². The summed E-state index contributed by atoms with van der Waals surface area (Å²) in [6.07, 6.45) is 1.62. The second kappa shape index (κ2) is 6.27. The van der Waals surface area contributed by atoms with Gasteiger partial charge in [0.25, 0.3) is 0 Å². The molecule has 0 amide bonds. The van der Waals surface area contributed by atoms with Crippen molar-refractivity contribution in [1.29, 1.82) is 0 Å². The molecule has 20 heavy (non-hydrogen) atoms. The molecule has 0 saturated carbocycles. The lowest BCUT2D eigenvalue weighted by atomic mass is 10.3. The summed E-state index contributed by atoms with van der Waals surface area (Å²) < 4.78 is 26.7. The van der Waals surface area contributed by atoms with E-state index >= 15 is 0 Å². The molecule has 0 fully saturated rings. The lowest BCUT2D eigenvalue weighted by Crippen LogP contribution is -2.04. The molecule has 6 heteroatoms. The topological polar surface area (TPSA) is 49.8 Å². The molecule has 2 aromatic rings. The van der Waals surface area contributed by atoms with Gasteiger partial charge in [0, 0.05) is 25.6 Å². The Balaban J connectivity index is 2.32. The zero-order valence-electron chi connectivity index (χ0n) is 11.4. The highest BCUT2D eigenvalue weighted by Gasteiger charge is 2.08. The van der Waals surface area contributed by atoms with Crippen molar-refractivity contribution >= 4 is 17.3 Å². The summed E-state index contributed by atoms with van der Waals surface area (Å²) in [6, 6.07) is 4.88. The molecule has 0 aliphatic heterocycles. The highest BCUT2D eigenvalue weighted by molar-refractivity contribution is 5.59. The Bertz CT molecular complexity index is 602. The van der Waals surface area contributed by atoms with Gasteiger partial charge in [-0.2, -0.15) is 0 Å². The zero-order chi connectivity index (χ0) is 14.5. The molecule has 0 atom stereocenters. The van der Waals surface area contributed by atoms with Gasteiger partial charge in [-0.3, -0.25) is 0 Å². The minimum Gasteiger partial charge on any atom is -0.373 e. The van der Waals surface area contributed by atoms with Crippen LogP contribution < -0.4 is 10.6 Å². The molecule has 0 unspecified atom stereocenters. The average molecular weight is 278 g/mol. The van der Waals surface area contributed by atoms with Crippen LogP contribution >= 0.6 is 0 Å². The summed E-state index contributed by atoms with van der Waals surface area (Å²) in [5, 5.41) is 5.70. The summed E-state index contributed by atoms with van der Waals surface area (Å²) >= 11 is 0. The van der Waals surface area contributed by atoms with Gasteiger partial charge in [0.2, 0.25) is 0 Å². The normalized spacial score (nSPS) is 10.4. The standard InChI is InChI=1S/C14H16F2N4/c1-3-4-12-19-13(17-2)8-14(20-12)18-11-7-9(15)5-6-10(11)16/h5-8H,3-4H2,1-2H3,(H2,17,18,19,20). The number of halogens is 2. The number of anilines is 3. The third-order valence-electron chi connectivity index (χ3n) is 2.69. The van der Waals surface area contributed by atoms with E-state index in [9.17, 15) is 8.78 Å². The van der Waals surface area contributed by atoms with E-state index in [2.05, 4.69) is 20.6 Å². The van der Waals surface area contributed by atoms with Crippen molar-refractivity contribution in [2.24, 2.45) is 0 Å². The fourth-order valence-electron chi connectivity index (χ4n) is 1.76. The van der Waals surface area contributed by atoms with Gasteiger partial charge in [0.05, 0.1) is 5.69 Å². The molecule has 0 saturated heterocycles. The molecular formula is C14H16F2N4. The molecule has 106 valence electrons. The second-order valence-electron chi connectivity index (χ2n) is 4.30. The van der Waals surface area contributed by atoms with E-state index in [1.807, 2.05) is 6.92 Å². The van der Waals surface area contributed by atoms with E-state index in [-0.39, 0.29) is 5.69 Å². The number of benzene rings is 1. The lowest BCUT2D eigenvalue weighted by Gasteiger charge is -2.10. The highest BCUT2D eigenvalue weighted by atomic mass is 19.1. The maximum absolute atomic E-state index is 13.6. The van der Waals surface area contributed by atoms with E-state index in [1.54, 1.807) is 13.1 Å². The number of aryl methyl sites for hydroxylation is 1. The van der Waals surface area contributed by atoms with Crippen molar-refractivity contribution in [1.82, 2.24) is 9.97 Å². The summed E-state index contributed by atoms with van der Waals surface area (Å²) in [7, 11) is 1.74. The van der Waals surface area contributed by atoms with E-state index in [4.69, 9.17) is 0 Å². The van der Waals surface area contributed by atoms with E-state index in [1.165, 1.54) is 0 Å². The lowest BCUT2D eigenvalue weighted by molar-refractivity contribution is 0.603. The average Bonchev–Trinajstić information content (AvgIpc) is 2.43. The number of nitrogens with one attached hydrogen (secondary N) is 2. The molecule has 2 N–H and O–H groups in total. The van der Waals surface area contributed by atoms with Crippen molar-refractivity contribution in [2.45, 2.75) is 19.8 Å². The SMILES string of the molecule is CCCc1nc(NC)cc(Nc2cc(F)ccc2F)n1. The van der Waals surface area contributed by atoms with E-state index in [0.717, 1.165) is 31.0 Å². The summed E-state index contributed by atoms with van der Waals surface area (Å²) in [5.74, 6) is 0.664. The quantitative estimate of drug-likeness (QED) is 0.879. The first-order valence-electron chi connectivity index (χ1n) is 6.40. The number of aromatic nitrogens is 2. The van der Waals surface area contributed by atoms with Crippen LogP contribution in [0.2, 0.25) is 0 Å². The first-order chi connectivity index (χ1) is 9.62. The number of rotatable bonds is 5. The zero-order valence-corrected chi connectivity index (χ0v) is 11.4. The number of hydrogen-bond acceptors (Lipinski definition) is 4. The van der Waals surface area contributed by atoms with Gasteiger partial charge in [-0.25, -0.2) is 18.7 Å². The maximum Gasteiger partial charge on any atom is 0.146 e. The van der Waals surface area contributed by atoms with Crippen LogP contribution in [-0.4, -0.2) is 17.0 Å².